The number of hydrogen-bond donors (Lipinski definition) is 3. The number of carbonyl (C=O) groups excluding carboxylic acids is 1. The van der Waals surface area contributed by atoms with Gasteiger partial charge in [-0.15, -0.1) is 0 Å². The largest absolute Gasteiger partial charge is 0.479 e. The molecule has 0 saturated carbocycles. The standard InChI is InChI=1S/C10H17F3N2O3/c1-8(2,14)5-4-6(16)15-9(3,7(17)18)10(11,12)13/h4-5,14H2,1-3H3,(H,15,16)(H,17,18). The van der Waals surface area contributed by atoms with Crippen LogP contribution in [0, 0.1) is 0 Å². The second kappa shape index (κ2) is 5.13. The van der Waals surface area contributed by atoms with Gasteiger partial charge in [-0.05, 0) is 27.2 Å². The zero-order chi connectivity index (χ0) is 14.8. The normalized spacial score (nSPS) is 15.9. The van der Waals surface area contributed by atoms with Gasteiger partial charge in [0.05, 0.1) is 0 Å². The SMILES string of the molecule is CC(C)(N)CCC(=O)NC(C)(C(=O)O)C(F)(F)F. The highest BCUT2D eigenvalue weighted by Gasteiger charge is 2.58. The fourth-order valence-corrected chi connectivity index (χ4v) is 1.02. The molecule has 1 unspecified atom stereocenters. The zero-order valence-electron chi connectivity index (χ0n) is 10.4. The fraction of sp³-hybridized carbons (Fsp3) is 0.800. The van der Waals surface area contributed by atoms with Crippen LogP contribution in [0.25, 0.3) is 0 Å². The van der Waals surface area contributed by atoms with Crippen LogP contribution in [0.15, 0.2) is 0 Å². The third-order valence-corrected chi connectivity index (χ3v) is 2.38. The van der Waals surface area contributed by atoms with E-state index in [9.17, 15) is 22.8 Å². The monoisotopic (exact) mass is 270 g/mol. The van der Waals surface area contributed by atoms with Crippen LogP contribution in [0.1, 0.15) is 33.6 Å². The van der Waals surface area contributed by atoms with E-state index in [1.807, 2.05) is 0 Å². The minimum atomic E-state index is -5.08. The number of carboxylic acids is 1. The Morgan fingerprint density at radius 3 is 1.94 bits per heavy atom. The first-order valence-electron chi connectivity index (χ1n) is 5.19. The van der Waals surface area contributed by atoms with Crippen LogP contribution >= 0.6 is 0 Å². The zero-order valence-corrected chi connectivity index (χ0v) is 10.4. The summed E-state index contributed by atoms with van der Waals surface area (Å²) in [6.07, 6.45) is -5.21. The summed E-state index contributed by atoms with van der Waals surface area (Å²) in [6, 6.07) is 0. The maximum Gasteiger partial charge on any atom is 0.422 e. The van der Waals surface area contributed by atoms with E-state index in [2.05, 4.69) is 0 Å². The molecule has 0 rings (SSSR count). The number of alkyl halides is 3. The average molecular weight is 270 g/mol. The minimum absolute atomic E-state index is 0.145. The lowest BCUT2D eigenvalue weighted by atomic mass is 9.98. The average Bonchev–Trinajstić information content (AvgIpc) is 2.11. The first-order chi connectivity index (χ1) is 7.79. The lowest BCUT2D eigenvalue weighted by Crippen LogP contribution is -2.62. The van der Waals surface area contributed by atoms with Gasteiger partial charge < -0.3 is 16.2 Å². The molecule has 0 aliphatic carbocycles. The Balaban J connectivity index is 4.74. The van der Waals surface area contributed by atoms with E-state index in [1.165, 1.54) is 5.32 Å². The molecule has 0 aliphatic rings. The highest BCUT2D eigenvalue weighted by atomic mass is 19.4. The highest BCUT2D eigenvalue weighted by Crippen LogP contribution is 2.30. The Labute approximate surface area is 103 Å². The van der Waals surface area contributed by atoms with Gasteiger partial charge in [0.2, 0.25) is 11.4 Å². The van der Waals surface area contributed by atoms with E-state index >= 15 is 0 Å². The van der Waals surface area contributed by atoms with E-state index in [1.54, 1.807) is 13.8 Å². The van der Waals surface area contributed by atoms with Crippen molar-refractivity contribution in [1.29, 1.82) is 0 Å². The number of nitrogens with one attached hydrogen (secondary N) is 1. The molecule has 1 amide bonds. The second-order valence-corrected chi connectivity index (χ2v) is 4.96. The molecule has 0 aromatic heterocycles. The van der Waals surface area contributed by atoms with E-state index < -0.39 is 29.1 Å². The molecule has 0 radical (unpaired) electrons. The van der Waals surface area contributed by atoms with E-state index in [0.29, 0.717) is 6.92 Å². The van der Waals surface area contributed by atoms with Crippen molar-refractivity contribution in [2.24, 2.45) is 5.73 Å². The van der Waals surface area contributed by atoms with Crippen molar-refractivity contribution in [2.45, 2.75) is 50.9 Å². The molecule has 8 heteroatoms. The molecule has 0 aromatic carbocycles. The van der Waals surface area contributed by atoms with Crippen LogP contribution in [0.4, 0.5) is 13.2 Å². The number of carbonyl (C=O) groups is 2. The van der Waals surface area contributed by atoms with Crippen LogP contribution in [0.2, 0.25) is 0 Å². The van der Waals surface area contributed by atoms with Gasteiger partial charge in [0, 0.05) is 12.0 Å². The maximum atomic E-state index is 12.6. The van der Waals surface area contributed by atoms with E-state index in [-0.39, 0.29) is 12.8 Å². The Bertz CT molecular complexity index is 336. The molecule has 0 fully saturated rings. The van der Waals surface area contributed by atoms with Crippen molar-refractivity contribution in [3.63, 3.8) is 0 Å². The van der Waals surface area contributed by atoms with E-state index in [0.717, 1.165) is 0 Å². The summed E-state index contributed by atoms with van der Waals surface area (Å²) >= 11 is 0. The molecule has 0 bridgehead atoms. The Kier molecular flexibility index (Phi) is 4.76. The van der Waals surface area contributed by atoms with Gasteiger partial charge in [-0.3, -0.25) is 4.79 Å². The quantitative estimate of drug-likeness (QED) is 0.695. The highest BCUT2D eigenvalue weighted by molar-refractivity contribution is 5.87. The lowest BCUT2D eigenvalue weighted by Gasteiger charge is -2.29. The number of nitrogens with two attached hydrogens (primary N) is 1. The molecule has 18 heavy (non-hydrogen) atoms. The number of hydrogen-bond acceptors (Lipinski definition) is 3. The van der Waals surface area contributed by atoms with Crippen LogP contribution < -0.4 is 11.1 Å². The third kappa shape index (κ3) is 4.52. The van der Waals surface area contributed by atoms with Crippen molar-refractivity contribution in [2.75, 3.05) is 0 Å². The third-order valence-electron chi connectivity index (χ3n) is 2.38. The Morgan fingerprint density at radius 1 is 1.22 bits per heavy atom. The van der Waals surface area contributed by atoms with Crippen LogP contribution in [-0.4, -0.2) is 34.2 Å². The predicted octanol–water partition coefficient (Wildman–Crippen LogP) is 1.03. The smallest absolute Gasteiger partial charge is 0.422 e. The summed E-state index contributed by atoms with van der Waals surface area (Å²) in [5.41, 5.74) is 1.57. The number of amides is 1. The molecule has 5 nitrogen and oxygen atoms in total. The molecule has 0 aliphatic heterocycles. The van der Waals surface area contributed by atoms with Crippen molar-refractivity contribution in [1.82, 2.24) is 5.32 Å². The van der Waals surface area contributed by atoms with Gasteiger partial charge in [-0.2, -0.15) is 13.2 Å². The minimum Gasteiger partial charge on any atom is -0.479 e. The van der Waals surface area contributed by atoms with Crippen LogP contribution in [-0.2, 0) is 9.59 Å². The van der Waals surface area contributed by atoms with Gasteiger partial charge >= 0.3 is 12.1 Å². The summed E-state index contributed by atoms with van der Waals surface area (Å²) in [4.78, 5) is 22.0. The van der Waals surface area contributed by atoms with Crippen molar-refractivity contribution >= 4 is 11.9 Å². The van der Waals surface area contributed by atoms with E-state index in [4.69, 9.17) is 10.8 Å². The van der Waals surface area contributed by atoms with Crippen molar-refractivity contribution in [3.8, 4) is 0 Å². The molecule has 0 saturated heterocycles. The molecule has 1 atom stereocenters. The van der Waals surface area contributed by atoms with Gasteiger partial charge in [-0.25, -0.2) is 4.79 Å². The Hall–Kier alpha value is -1.31. The summed E-state index contributed by atoms with van der Waals surface area (Å²) in [5, 5.41) is 10.1. The number of carboxylic acid groups (broad SMARTS) is 1. The molecule has 0 spiro atoms. The number of aliphatic carboxylic acids is 1. The van der Waals surface area contributed by atoms with Gasteiger partial charge in [0.15, 0.2) is 0 Å². The summed E-state index contributed by atoms with van der Waals surface area (Å²) < 4.78 is 37.7. The van der Waals surface area contributed by atoms with Gasteiger partial charge in [-0.1, -0.05) is 0 Å². The topological polar surface area (TPSA) is 92.4 Å². The van der Waals surface area contributed by atoms with Crippen LogP contribution in [0.3, 0.4) is 0 Å². The first kappa shape index (κ1) is 16.7. The summed E-state index contributed by atoms with van der Waals surface area (Å²) in [5.74, 6) is -3.16. The maximum absolute atomic E-state index is 12.6. The molecule has 106 valence electrons. The molecule has 0 aromatic rings. The van der Waals surface area contributed by atoms with Crippen molar-refractivity contribution in [3.05, 3.63) is 0 Å². The summed E-state index contributed by atoms with van der Waals surface area (Å²) in [6.45, 7) is 3.63. The summed E-state index contributed by atoms with van der Waals surface area (Å²) in [7, 11) is 0. The number of rotatable bonds is 5. The van der Waals surface area contributed by atoms with Crippen molar-refractivity contribution < 1.29 is 27.9 Å². The number of halogens is 3. The molecule has 0 heterocycles. The lowest BCUT2D eigenvalue weighted by molar-refractivity contribution is -0.207. The van der Waals surface area contributed by atoms with Crippen LogP contribution in [0.5, 0.6) is 0 Å². The molecule has 4 N–H and O–H groups in total. The molecular weight excluding hydrogens is 253 g/mol. The molecular formula is C10H17F3N2O3. The Morgan fingerprint density at radius 2 is 1.67 bits per heavy atom. The van der Waals surface area contributed by atoms with Gasteiger partial charge in [0.1, 0.15) is 0 Å². The fourth-order valence-electron chi connectivity index (χ4n) is 1.02. The first-order valence-corrected chi connectivity index (χ1v) is 5.19. The predicted molar refractivity (Wildman–Crippen MR) is 57.7 cm³/mol. The second-order valence-electron chi connectivity index (χ2n) is 4.96. The van der Waals surface area contributed by atoms with Gasteiger partial charge in [0.25, 0.3) is 0 Å².